The number of hydrogen-bond acceptors (Lipinski definition) is 2. The molecule has 0 amide bonds. The Morgan fingerprint density at radius 1 is 0.760 bits per heavy atom. The first kappa shape index (κ1) is 19.4. The zero-order valence-corrected chi connectivity index (χ0v) is 17.7. The molecule has 2 saturated carbocycles. The van der Waals surface area contributed by atoms with E-state index in [2.05, 4.69) is 58.0 Å². The van der Waals surface area contributed by atoms with Crippen LogP contribution in [-0.4, -0.2) is 36.0 Å². The highest BCUT2D eigenvalue weighted by atomic mass is 79.9. The molecule has 0 bridgehead atoms. The summed E-state index contributed by atoms with van der Waals surface area (Å²) < 4.78 is 1.33. The molecule has 1 aromatic rings. The van der Waals surface area contributed by atoms with Crippen molar-refractivity contribution >= 4 is 15.9 Å². The van der Waals surface area contributed by atoms with Crippen molar-refractivity contribution in [1.29, 1.82) is 0 Å². The number of nitrogens with zero attached hydrogens (tertiary/aromatic N) is 2. The van der Waals surface area contributed by atoms with E-state index >= 15 is 0 Å². The molecule has 0 aliphatic heterocycles. The molecule has 1 aromatic carbocycles. The Morgan fingerprint density at radius 2 is 1.16 bits per heavy atom. The van der Waals surface area contributed by atoms with Gasteiger partial charge in [0, 0.05) is 29.6 Å². The van der Waals surface area contributed by atoms with Gasteiger partial charge in [-0.3, -0.25) is 9.80 Å². The van der Waals surface area contributed by atoms with Gasteiger partial charge in [0.05, 0.1) is 0 Å². The second-order valence-electron chi connectivity index (χ2n) is 8.30. The second-order valence-corrected chi connectivity index (χ2v) is 9.10. The van der Waals surface area contributed by atoms with Crippen LogP contribution in [-0.2, 0) is 13.1 Å². The quantitative estimate of drug-likeness (QED) is 0.573. The van der Waals surface area contributed by atoms with Crippen LogP contribution >= 0.6 is 15.9 Å². The molecular formula is C22H35BrN2. The maximum Gasteiger partial charge on any atom is 0.0265 e. The third-order valence-electron chi connectivity index (χ3n) is 6.39. The van der Waals surface area contributed by atoms with Gasteiger partial charge < -0.3 is 0 Å². The highest BCUT2D eigenvalue weighted by molar-refractivity contribution is 9.10. The van der Waals surface area contributed by atoms with Crippen LogP contribution < -0.4 is 0 Å². The molecule has 0 aromatic heterocycles. The molecule has 0 atom stereocenters. The fourth-order valence-corrected chi connectivity index (χ4v) is 5.23. The van der Waals surface area contributed by atoms with Gasteiger partial charge in [-0.15, -0.1) is 0 Å². The summed E-state index contributed by atoms with van der Waals surface area (Å²) in [4.78, 5) is 5.15. The standard InChI is InChI=1S/C22H35BrN2/c1-24(20-12-5-3-6-13-20)16-18-10-9-11-19(22(18)23)17-25(2)21-14-7-4-8-15-21/h9-11,20-21H,3-8,12-17H2,1-2H3. The minimum absolute atomic E-state index is 0.772. The molecule has 2 fully saturated rings. The van der Waals surface area contributed by atoms with Crippen molar-refractivity contribution in [1.82, 2.24) is 9.80 Å². The zero-order chi connectivity index (χ0) is 17.6. The number of halogens is 1. The van der Waals surface area contributed by atoms with Crippen LogP contribution in [0, 0.1) is 0 Å². The van der Waals surface area contributed by atoms with E-state index < -0.39 is 0 Å². The lowest BCUT2D eigenvalue weighted by atomic mass is 9.94. The predicted octanol–water partition coefficient (Wildman–Crippen LogP) is 5.98. The van der Waals surface area contributed by atoms with Crippen molar-refractivity contribution in [2.45, 2.75) is 89.4 Å². The molecule has 0 heterocycles. The lowest BCUT2D eigenvalue weighted by Crippen LogP contribution is -2.33. The summed E-state index contributed by atoms with van der Waals surface area (Å²) in [6, 6.07) is 8.39. The summed E-state index contributed by atoms with van der Waals surface area (Å²) in [5, 5.41) is 0. The van der Waals surface area contributed by atoms with Gasteiger partial charge in [-0.05, 0) is 50.9 Å². The van der Waals surface area contributed by atoms with E-state index in [0.29, 0.717) is 0 Å². The van der Waals surface area contributed by atoms with Crippen LogP contribution in [0.15, 0.2) is 22.7 Å². The first-order valence-corrected chi connectivity index (χ1v) is 11.1. The van der Waals surface area contributed by atoms with Gasteiger partial charge in [0.15, 0.2) is 0 Å². The first-order valence-electron chi connectivity index (χ1n) is 10.3. The molecule has 0 spiro atoms. The maximum atomic E-state index is 3.93. The third-order valence-corrected chi connectivity index (χ3v) is 7.41. The third kappa shape index (κ3) is 5.30. The molecule has 2 aliphatic rings. The average molecular weight is 407 g/mol. The Morgan fingerprint density at radius 3 is 1.56 bits per heavy atom. The second kappa shape index (κ2) is 9.53. The van der Waals surface area contributed by atoms with Crippen molar-refractivity contribution in [3.63, 3.8) is 0 Å². The van der Waals surface area contributed by atoms with Gasteiger partial charge in [0.25, 0.3) is 0 Å². The van der Waals surface area contributed by atoms with E-state index in [0.717, 1.165) is 25.2 Å². The smallest absolute Gasteiger partial charge is 0.0265 e. The summed E-state index contributed by atoms with van der Waals surface area (Å²) in [5.41, 5.74) is 2.89. The Kier molecular flexibility index (Phi) is 7.39. The minimum Gasteiger partial charge on any atom is -0.299 e. The van der Waals surface area contributed by atoms with E-state index in [-0.39, 0.29) is 0 Å². The highest BCUT2D eigenvalue weighted by Crippen LogP contribution is 2.29. The molecule has 140 valence electrons. The molecular weight excluding hydrogens is 372 g/mol. The predicted molar refractivity (Wildman–Crippen MR) is 111 cm³/mol. The lowest BCUT2D eigenvalue weighted by molar-refractivity contribution is 0.181. The summed E-state index contributed by atoms with van der Waals surface area (Å²) in [6.45, 7) is 2.12. The number of benzene rings is 1. The molecule has 3 heteroatoms. The van der Waals surface area contributed by atoms with E-state index in [9.17, 15) is 0 Å². The van der Waals surface area contributed by atoms with Crippen molar-refractivity contribution < 1.29 is 0 Å². The van der Waals surface area contributed by atoms with Crippen LogP contribution in [0.5, 0.6) is 0 Å². The molecule has 2 nitrogen and oxygen atoms in total. The lowest BCUT2D eigenvalue weighted by Gasteiger charge is -2.33. The first-order chi connectivity index (χ1) is 12.1. The summed E-state index contributed by atoms with van der Waals surface area (Å²) in [5.74, 6) is 0. The Bertz CT molecular complexity index is 489. The van der Waals surface area contributed by atoms with Crippen LogP contribution in [0.1, 0.15) is 75.3 Å². The molecule has 0 unspecified atom stereocenters. The fourth-order valence-electron chi connectivity index (χ4n) is 4.72. The topological polar surface area (TPSA) is 6.48 Å². The van der Waals surface area contributed by atoms with Gasteiger partial charge in [-0.1, -0.05) is 72.7 Å². The normalized spacial score (nSPS) is 20.5. The zero-order valence-electron chi connectivity index (χ0n) is 16.1. The molecule has 0 N–H and O–H groups in total. The SMILES string of the molecule is CN(Cc1cccc(CN(C)C2CCCCC2)c1Br)C1CCCCC1. The monoisotopic (exact) mass is 406 g/mol. The van der Waals surface area contributed by atoms with Gasteiger partial charge in [-0.25, -0.2) is 0 Å². The summed E-state index contributed by atoms with van der Waals surface area (Å²) in [6.07, 6.45) is 14.0. The van der Waals surface area contributed by atoms with E-state index in [1.807, 2.05) is 0 Å². The van der Waals surface area contributed by atoms with Gasteiger partial charge in [-0.2, -0.15) is 0 Å². The fraction of sp³-hybridized carbons (Fsp3) is 0.727. The van der Waals surface area contributed by atoms with Crippen LogP contribution in [0.4, 0.5) is 0 Å². The Balaban J connectivity index is 1.62. The van der Waals surface area contributed by atoms with Crippen molar-refractivity contribution in [2.24, 2.45) is 0 Å². The average Bonchev–Trinajstić information content (AvgIpc) is 2.66. The van der Waals surface area contributed by atoms with Gasteiger partial charge in [0.1, 0.15) is 0 Å². The highest BCUT2D eigenvalue weighted by Gasteiger charge is 2.21. The van der Waals surface area contributed by atoms with E-state index in [1.54, 1.807) is 0 Å². The van der Waals surface area contributed by atoms with Crippen LogP contribution in [0.25, 0.3) is 0 Å². The maximum absolute atomic E-state index is 3.93. The minimum atomic E-state index is 0.772. The number of hydrogen-bond donors (Lipinski definition) is 0. The Labute approximate surface area is 163 Å². The van der Waals surface area contributed by atoms with Crippen molar-refractivity contribution in [3.05, 3.63) is 33.8 Å². The molecule has 25 heavy (non-hydrogen) atoms. The molecule has 3 rings (SSSR count). The van der Waals surface area contributed by atoms with Crippen LogP contribution in [0.2, 0.25) is 0 Å². The van der Waals surface area contributed by atoms with E-state index in [1.165, 1.54) is 79.8 Å². The van der Waals surface area contributed by atoms with Gasteiger partial charge in [0.2, 0.25) is 0 Å². The summed E-state index contributed by atoms with van der Waals surface area (Å²) in [7, 11) is 4.62. The molecule has 0 radical (unpaired) electrons. The van der Waals surface area contributed by atoms with Gasteiger partial charge >= 0.3 is 0 Å². The largest absolute Gasteiger partial charge is 0.299 e. The molecule has 0 saturated heterocycles. The van der Waals surface area contributed by atoms with Crippen molar-refractivity contribution in [3.8, 4) is 0 Å². The van der Waals surface area contributed by atoms with E-state index in [4.69, 9.17) is 0 Å². The van der Waals surface area contributed by atoms with Crippen molar-refractivity contribution in [2.75, 3.05) is 14.1 Å². The molecule has 2 aliphatic carbocycles. The van der Waals surface area contributed by atoms with Crippen LogP contribution in [0.3, 0.4) is 0 Å². The Hall–Kier alpha value is -0.380. The summed E-state index contributed by atoms with van der Waals surface area (Å²) >= 11 is 3.93. The number of rotatable bonds is 6.